The largest absolute Gasteiger partial charge is 0.480 e. The van der Waals surface area contributed by atoms with Crippen molar-refractivity contribution in [3.63, 3.8) is 0 Å². The van der Waals surface area contributed by atoms with Gasteiger partial charge < -0.3 is 15.5 Å². The fourth-order valence-corrected chi connectivity index (χ4v) is 1.55. The molecule has 0 unspecified atom stereocenters. The van der Waals surface area contributed by atoms with Crippen molar-refractivity contribution in [2.45, 2.75) is 31.9 Å². The van der Waals surface area contributed by atoms with Crippen molar-refractivity contribution >= 4 is 11.9 Å². The van der Waals surface area contributed by atoms with Crippen molar-refractivity contribution in [2.75, 3.05) is 0 Å². The van der Waals surface area contributed by atoms with E-state index in [1.54, 1.807) is 24.3 Å². The lowest BCUT2D eigenvalue weighted by Crippen LogP contribution is -2.55. The van der Waals surface area contributed by atoms with Gasteiger partial charge in [-0.25, -0.2) is 4.79 Å². The fraction of sp³-hybridized carbons (Fsp3) is 0.385. The third-order valence-electron chi connectivity index (χ3n) is 2.65. The molecule has 2 atom stereocenters. The number of carboxylic acid groups (broad SMARTS) is 1. The minimum absolute atomic E-state index is 0.154. The van der Waals surface area contributed by atoms with Gasteiger partial charge in [0.25, 0.3) is 0 Å². The van der Waals surface area contributed by atoms with Gasteiger partial charge in [0.15, 0.2) is 0 Å². The lowest BCUT2D eigenvalue weighted by atomic mass is 9.92. The third-order valence-corrected chi connectivity index (χ3v) is 2.65. The molecule has 0 saturated heterocycles. The number of carbonyl (C=O) groups excluding carboxylic acids is 1. The van der Waals surface area contributed by atoms with Crippen LogP contribution in [0.3, 0.4) is 0 Å². The highest BCUT2D eigenvalue weighted by Gasteiger charge is 2.35. The summed E-state index contributed by atoms with van der Waals surface area (Å²) in [6.45, 7) is 2.71. The van der Waals surface area contributed by atoms with E-state index in [4.69, 9.17) is 5.11 Å². The Morgan fingerprint density at radius 2 is 1.89 bits per heavy atom. The SMILES string of the molecule is C[C@H](O)C(=O)N[C@@](C)(Cc1ccccc1)C(=O)O. The van der Waals surface area contributed by atoms with Crippen molar-refractivity contribution in [1.29, 1.82) is 0 Å². The number of aliphatic hydroxyl groups excluding tert-OH is 1. The van der Waals surface area contributed by atoms with E-state index in [2.05, 4.69) is 5.32 Å². The fourth-order valence-electron chi connectivity index (χ4n) is 1.55. The van der Waals surface area contributed by atoms with E-state index in [0.717, 1.165) is 5.56 Å². The molecule has 0 saturated carbocycles. The number of carbonyl (C=O) groups is 2. The average Bonchev–Trinajstić information content (AvgIpc) is 2.29. The zero-order chi connectivity index (χ0) is 13.8. The number of amides is 1. The summed E-state index contributed by atoms with van der Waals surface area (Å²) >= 11 is 0. The summed E-state index contributed by atoms with van der Waals surface area (Å²) in [5.41, 5.74) is -0.636. The van der Waals surface area contributed by atoms with Crippen LogP contribution in [0.1, 0.15) is 19.4 Å². The van der Waals surface area contributed by atoms with Crippen LogP contribution in [0.5, 0.6) is 0 Å². The number of nitrogens with one attached hydrogen (secondary N) is 1. The molecule has 0 radical (unpaired) electrons. The van der Waals surface area contributed by atoms with Crippen LogP contribution < -0.4 is 5.32 Å². The highest BCUT2D eigenvalue weighted by molar-refractivity contribution is 5.88. The van der Waals surface area contributed by atoms with Crippen molar-refractivity contribution in [1.82, 2.24) is 5.32 Å². The van der Waals surface area contributed by atoms with Crippen LogP contribution in [0, 0.1) is 0 Å². The molecule has 18 heavy (non-hydrogen) atoms. The van der Waals surface area contributed by atoms with Crippen LogP contribution in [0.2, 0.25) is 0 Å². The number of aliphatic hydroxyl groups is 1. The van der Waals surface area contributed by atoms with Gasteiger partial charge in [-0.1, -0.05) is 30.3 Å². The second kappa shape index (κ2) is 5.64. The molecule has 5 heteroatoms. The molecule has 1 amide bonds. The zero-order valence-corrected chi connectivity index (χ0v) is 10.4. The number of carboxylic acids is 1. The van der Waals surface area contributed by atoms with Crippen LogP contribution in [0.25, 0.3) is 0 Å². The summed E-state index contributed by atoms with van der Waals surface area (Å²) in [6.07, 6.45) is -1.08. The molecular formula is C13H17NO4. The van der Waals surface area contributed by atoms with Gasteiger partial charge in [-0.15, -0.1) is 0 Å². The first kappa shape index (κ1) is 14.2. The molecule has 0 aliphatic carbocycles. The van der Waals surface area contributed by atoms with Crippen LogP contribution >= 0.6 is 0 Å². The van der Waals surface area contributed by atoms with Crippen molar-refractivity contribution in [3.8, 4) is 0 Å². The lowest BCUT2D eigenvalue weighted by molar-refractivity contribution is -0.148. The minimum atomic E-state index is -1.44. The summed E-state index contributed by atoms with van der Waals surface area (Å²) in [6, 6.07) is 9.00. The Kier molecular flexibility index (Phi) is 4.44. The highest BCUT2D eigenvalue weighted by atomic mass is 16.4. The first-order valence-electron chi connectivity index (χ1n) is 5.62. The molecule has 5 nitrogen and oxygen atoms in total. The molecule has 0 heterocycles. The predicted molar refractivity (Wildman–Crippen MR) is 66.0 cm³/mol. The maximum atomic E-state index is 11.4. The summed E-state index contributed by atoms with van der Waals surface area (Å²) in [5, 5.41) is 20.7. The van der Waals surface area contributed by atoms with E-state index in [9.17, 15) is 14.7 Å². The molecule has 1 rings (SSSR count). The maximum absolute atomic E-state index is 11.4. The first-order chi connectivity index (χ1) is 8.35. The molecule has 0 spiro atoms. The van der Waals surface area contributed by atoms with Gasteiger partial charge in [-0.2, -0.15) is 0 Å². The van der Waals surface area contributed by atoms with E-state index >= 15 is 0 Å². The average molecular weight is 251 g/mol. The van der Waals surface area contributed by atoms with Crippen LogP contribution in [-0.4, -0.2) is 33.7 Å². The Bertz CT molecular complexity index is 430. The molecule has 0 bridgehead atoms. The maximum Gasteiger partial charge on any atom is 0.329 e. The Labute approximate surface area is 105 Å². The normalized spacial score (nSPS) is 15.5. The van der Waals surface area contributed by atoms with E-state index < -0.39 is 23.5 Å². The summed E-state index contributed by atoms with van der Waals surface area (Å²) < 4.78 is 0. The van der Waals surface area contributed by atoms with Crippen LogP contribution in [0.4, 0.5) is 0 Å². The Hall–Kier alpha value is -1.88. The topological polar surface area (TPSA) is 86.6 Å². The molecule has 0 fully saturated rings. The Morgan fingerprint density at radius 3 is 2.33 bits per heavy atom. The lowest BCUT2D eigenvalue weighted by Gasteiger charge is -2.27. The first-order valence-corrected chi connectivity index (χ1v) is 5.62. The number of rotatable bonds is 5. The third kappa shape index (κ3) is 3.56. The van der Waals surface area contributed by atoms with Crippen molar-refractivity contribution in [3.05, 3.63) is 35.9 Å². The van der Waals surface area contributed by atoms with Gasteiger partial charge in [-0.05, 0) is 19.4 Å². The number of benzene rings is 1. The quantitative estimate of drug-likeness (QED) is 0.714. The predicted octanol–water partition coefficient (Wildman–Crippen LogP) is 0.569. The number of hydrogen-bond acceptors (Lipinski definition) is 3. The molecule has 98 valence electrons. The summed E-state index contributed by atoms with van der Waals surface area (Å²) in [7, 11) is 0. The second-order valence-corrected chi connectivity index (χ2v) is 4.46. The summed E-state index contributed by atoms with van der Waals surface area (Å²) in [4.78, 5) is 22.7. The van der Waals surface area contributed by atoms with Gasteiger partial charge in [0.2, 0.25) is 5.91 Å². The highest BCUT2D eigenvalue weighted by Crippen LogP contribution is 2.14. The van der Waals surface area contributed by atoms with Gasteiger partial charge in [-0.3, -0.25) is 4.79 Å². The second-order valence-electron chi connectivity index (χ2n) is 4.46. The van der Waals surface area contributed by atoms with Crippen molar-refractivity contribution in [2.24, 2.45) is 0 Å². The van der Waals surface area contributed by atoms with Gasteiger partial charge in [0, 0.05) is 6.42 Å². The van der Waals surface area contributed by atoms with E-state index in [0.29, 0.717) is 0 Å². The zero-order valence-electron chi connectivity index (χ0n) is 10.4. The van der Waals surface area contributed by atoms with Gasteiger partial charge in [0.1, 0.15) is 11.6 Å². The standard InChI is InChI=1S/C13H17NO4/c1-9(15)11(16)14-13(2,12(17)18)8-10-6-4-3-5-7-10/h3-7,9,15H,8H2,1-2H3,(H,14,16)(H,17,18)/t9-,13-/m0/s1. The van der Waals surface area contributed by atoms with E-state index in [-0.39, 0.29) is 6.42 Å². The molecule has 0 aliphatic rings. The smallest absolute Gasteiger partial charge is 0.329 e. The van der Waals surface area contributed by atoms with E-state index in [1.807, 2.05) is 6.07 Å². The Balaban J connectivity index is 2.88. The van der Waals surface area contributed by atoms with Gasteiger partial charge >= 0.3 is 5.97 Å². The number of hydrogen-bond donors (Lipinski definition) is 3. The van der Waals surface area contributed by atoms with Crippen molar-refractivity contribution < 1.29 is 19.8 Å². The monoisotopic (exact) mass is 251 g/mol. The van der Waals surface area contributed by atoms with Gasteiger partial charge in [0.05, 0.1) is 0 Å². The van der Waals surface area contributed by atoms with Crippen LogP contribution in [0.15, 0.2) is 30.3 Å². The Morgan fingerprint density at radius 1 is 1.33 bits per heavy atom. The summed E-state index contributed by atoms with van der Waals surface area (Å²) in [5.74, 6) is -1.84. The van der Waals surface area contributed by atoms with Crippen LogP contribution in [-0.2, 0) is 16.0 Å². The minimum Gasteiger partial charge on any atom is -0.480 e. The molecule has 0 aromatic heterocycles. The molecule has 0 aliphatic heterocycles. The molecule has 1 aromatic carbocycles. The molecular weight excluding hydrogens is 234 g/mol. The molecule has 1 aromatic rings. The number of aliphatic carboxylic acids is 1. The van der Waals surface area contributed by atoms with E-state index in [1.165, 1.54) is 13.8 Å². The molecule has 3 N–H and O–H groups in total.